The van der Waals surface area contributed by atoms with Gasteiger partial charge in [-0.15, -0.1) is 0 Å². The first-order chi connectivity index (χ1) is 14.8. The van der Waals surface area contributed by atoms with Crippen molar-refractivity contribution in [3.63, 3.8) is 0 Å². The van der Waals surface area contributed by atoms with Crippen LogP contribution in [0.15, 0.2) is 30.3 Å². The Kier molecular flexibility index (Phi) is 7.92. The molecule has 0 bridgehead atoms. The van der Waals surface area contributed by atoms with Crippen LogP contribution < -0.4 is 20.1 Å². The Morgan fingerprint density at radius 3 is 2.58 bits per heavy atom. The highest BCUT2D eigenvalue weighted by atomic mass is 35.5. The Morgan fingerprint density at radius 1 is 1.06 bits per heavy atom. The fourth-order valence-corrected chi connectivity index (χ4v) is 3.25. The molecule has 2 aromatic carbocycles. The number of halogens is 4. The zero-order valence-electron chi connectivity index (χ0n) is 16.4. The third-order valence-corrected chi connectivity index (χ3v) is 5.32. The number of hydrogen-bond donors (Lipinski definition) is 2. The molecule has 0 saturated heterocycles. The van der Waals surface area contributed by atoms with Crippen molar-refractivity contribution < 1.29 is 27.8 Å². The van der Waals surface area contributed by atoms with Gasteiger partial charge in [0.2, 0.25) is 0 Å². The fourth-order valence-electron chi connectivity index (χ4n) is 2.97. The summed E-state index contributed by atoms with van der Waals surface area (Å²) in [7, 11) is 0. The molecule has 1 aliphatic heterocycles. The average molecular weight is 473 g/mol. The molecule has 2 amide bonds. The maximum Gasteiger partial charge on any atom is 0.261 e. The highest BCUT2D eigenvalue weighted by molar-refractivity contribution is 6.42. The van der Waals surface area contributed by atoms with E-state index in [0.717, 1.165) is 12.1 Å². The molecule has 10 heteroatoms. The van der Waals surface area contributed by atoms with E-state index in [1.165, 1.54) is 6.07 Å². The van der Waals surface area contributed by atoms with E-state index in [0.29, 0.717) is 53.7 Å². The number of carbonyl (C=O) groups is 2. The van der Waals surface area contributed by atoms with Crippen molar-refractivity contribution in [1.82, 2.24) is 10.6 Å². The Morgan fingerprint density at radius 2 is 1.81 bits per heavy atom. The second-order valence-electron chi connectivity index (χ2n) is 6.88. The van der Waals surface area contributed by atoms with Crippen LogP contribution in [-0.2, 0) is 16.0 Å². The van der Waals surface area contributed by atoms with E-state index in [1.807, 2.05) is 0 Å². The molecule has 6 nitrogen and oxygen atoms in total. The number of benzene rings is 2. The van der Waals surface area contributed by atoms with Crippen LogP contribution in [0.2, 0.25) is 10.0 Å². The SMILES string of the molecule is O=C(COc1ccc(Cl)c(Cl)c1)NCCCNC(=O)[C@H]1CCc2cc(F)c(F)cc2O1. The predicted molar refractivity (Wildman–Crippen MR) is 112 cm³/mol. The zero-order valence-corrected chi connectivity index (χ0v) is 17.9. The molecule has 31 heavy (non-hydrogen) atoms. The standard InChI is InChI=1S/C21H20Cl2F2N2O4/c22-14-4-3-13(9-15(14)23)30-11-20(28)26-6-1-7-27-21(29)18-5-2-12-8-16(24)17(25)10-19(12)31-18/h3-4,8-10,18H,1-2,5-7,11H2,(H,26,28)(H,27,29)/t18-/m1/s1. The lowest BCUT2D eigenvalue weighted by Crippen LogP contribution is -2.41. The van der Waals surface area contributed by atoms with Crippen LogP contribution >= 0.6 is 23.2 Å². The summed E-state index contributed by atoms with van der Waals surface area (Å²) >= 11 is 11.7. The lowest BCUT2D eigenvalue weighted by Gasteiger charge is -2.25. The summed E-state index contributed by atoms with van der Waals surface area (Å²) in [5.41, 5.74) is 0.536. The number of nitrogens with one attached hydrogen (secondary N) is 2. The first-order valence-electron chi connectivity index (χ1n) is 9.60. The van der Waals surface area contributed by atoms with Crippen LogP contribution in [0.25, 0.3) is 0 Å². The minimum Gasteiger partial charge on any atom is -0.484 e. The fraction of sp³-hybridized carbons (Fsp3) is 0.333. The number of carbonyl (C=O) groups excluding carboxylic acids is 2. The highest BCUT2D eigenvalue weighted by Crippen LogP contribution is 2.30. The number of amides is 2. The van der Waals surface area contributed by atoms with Gasteiger partial charge in [-0.2, -0.15) is 0 Å². The molecular formula is C21H20Cl2F2N2O4. The van der Waals surface area contributed by atoms with Gasteiger partial charge < -0.3 is 20.1 Å². The predicted octanol–water partition coefficient (Wildman–Crippen LogP) is 3.67. The largest absolute Gasteiger partial charge is 0.484 e. The van der Waals surface area contributed by atoms with Crippen LogP contribution in [0.5, 0.6) is 11.5 Å². The molecule has 166 valence electrons. The van der Waals surface area contributed by atoms with Gasteiger partial charge in [0.25, 0.3) is 11.8 Å². The summed E-state index contributed by atoms with van der Waals surface area (Å²) < 4.78 is 37.5. The van der Waals surface area contributed by atoms with Gasteiger partial charge in [0.05, 0.1) is 10.0 Å². The van der Waals surface area contributed by atoms with Crippen molar-refractivity contribution in [2.45, 2.75) is 25.4 Å². The molecule has 3 rings (SSSR count). The molecule has 1 atom stereocenters. The molecule has 1 heterocycles. The second-order valence-corrected chi connectivity index (χ2v) is 7.69. The zero-order chi connectivity index (χ0) is 22.4. The summed E-state index contributed by atoms with van der Waals surface area (Å²) in [6, 6.07) is 6.74. The van der Waals surface area contributed by atoms with Crippen LogP contribution in [0.4, 0.5) is 8.78 Å². The third-order valence-electron chi connectivity index (χ3n) is 4.58. The monoisotopic (exact) mass is 472 g/mol. The number of rotatable bonds is 8. The first-order valence-corrected chi connectivity index (χ1v) is 10.4. The van der Waals surface area contributed by atoms with Crippen LogP contribution in [-0.4, -0.2) is 37.6 Å². The van der Waals surface area contributed by atoms with Gasteiger partial charge in [0, 0.05) is 25.2 Å². The maximum atomic E-state index is 13.4. The molecule has 0 radical (unpaired) electrons. The van der Waals surface area contributed by atoms with Crippen LogP contribution in [0, 0.1) is 11.6 Å². The van der Waals surface area contributed by atoms with Gasteiger partial charge in [0.1, 0.15) is 11.5 Å². The molecule has 0 aliphatic carbocycles. The van der Waals surface area contributed by atoms with Gasteiger partial charge in [-0.25, -0.2) is 8.78 Å². The van der Waals surface area contributed by atoms with Gasteiger partial charge in [-0.05, 0) is 43.0 Å². The lowest BCUT2D eigenvalue weighted by molar-refractivity contribution is -0.128. The van der Waals surface area contributed by atoms with Crippen molar-refractivity contribution in [3.05, 3.63) is 57.6 Å². The van der Waals surface area contributed by atoms with Gasteiger partial charge in [-0.3, -0.25) is 9.59 Å². The molecule has 0 unspecified atom stereocenters. The van der Waals surface area contributed by atoms with Crippen molar-refractivity contribution >= 4 is 35.0 Å². The van der Waals surface area contributed by atoms with Gasteiger partial charge in [0.15, 0.2) is 24.3 Å². The number of ether oxygens (including phenoxy) is 2. The maximum absolute atomic E-state index is 13.4. The van der Waals surface area contributed by atoms with E-state index in [2.05, 4.69) is 10.6 Å². The topological polar surface area (TPSA) is 76.7 Å². The Balaban J connectivity index is 1.32. The number of fused-ring (bicyclic) bond motifs is 1. The molecule has 0 spiro atoms. The molecule has 0 saturated carbocycles. The van der Waals surface area contributed by atoms with Crippen molar-refractivity contribution in [3.8, 4) is 11.5 Å². The van der Waals surface area contributed by atoms with Crippen molar-refractivity contribution in [2.75, 3.05) is 19.7 Å². The minimum absolute atomic E-state index is 0.180. The van der Waals surface area contributed by atoms with Gasteiger partial charge >= 0.3 is 0 Å². The summed E-state index contributed by atoms with van der Waals surface area (Å²) in [6.45, 7) is 0.469. The summed E-state index contributed by atoms with van der Waals surface area (Å²) in [5.74, 6) is -2.01. The quantitative estimate of drug-likeness (QED) is 0.574. The smallest absolute Gasteiger partial charge is 0.261 e. The van der Waals surface area contributed by atoms with E-state index in [9.17, 15) is 18.4 Å². The number of hydrogen-bond acceptors (Lipinski definition) is 4. The average Bonchev–Trinajstić information content (AvgIpc) is 2.74. The Bertz CT molecular complexity index is 975. The van der Waals surface area contributed by atoms with Crippen LogP contribution in [0.3, 0.4) is 0 Å². The second kappa shape index (κ2) is 10.6. The molecule has 0 fully saturated rings. The van der Waals surface area contributed by atoms with Gasteiger partial charge in [-0.1, -0.05) is 23.2 Å². The minimum atomic E-state index is -1.02. The summed E-state index contributed by atoms with van der Waals surface area (Å²) in [4.78, 5) is 24.1. The Hall–Kier alpha value is -2.58. The normalized spacial score (nSPS) is 14.9. The highest BCUT2D eigenvalue weighted by Gasteiger charge is 2.27. The molecular weight excluding hydrogens is 453 g/mol. The van der Waals surface area contributed by atoms with E-state index >= 15 is 0 Å². The summed E-state index contributed by atoms with van der Waals surface area (Å²) in [6.07, 6.45) is 0.506. The number of aryl methyl sites for hydroxylation is 1. The lowest BCUT2D eigenvalue weighted by atomic mass is 10.0. The third kappa shape index (κ3) is 6.45. The first kappa shape index (κ1) is 23.1. The van der Waals surface area contributed by atoms with E-state index in [1.54, 1.807) is 12.1 Å². The molecule has 2 N–H and O–H groups in total. The van der Waals surface area contributed by atoms with E-state index in [-0.39, 0.29) is 24.2 Å². The van der Waals surface area contributed by atoms with E-state index < -0.39 is 17.7 Å². The van der Waals surface area contributed by atoms with Crippen molar-refractivity contribution in [2.24, 2.45) is 0 Å². The van der Waals surface area contributed by atoms with E-state index in [4.69, 9.17) is 32.7 Å². The molecule has 2 aromatic rings. The molecule has 1 aliphatic rings. The van der Waals surface area contributed by atoms with Crippen LogP contribution in [0.1, 0.15) is 18.4 Å². The molecule has 0 aromatic heterocycles. The Labute approximate surface area is 187 Å². The van der Waals surface area contributed by atoms with Crippen molar-refractivity contribution in [1.29, 1.82) is 0 Å². The summed E-state index contributed by atoms with van der Waals surface area (Å²) in [5, 5.41) is 6.11.